The highest BCUT2D eigenvalue weighted by Crippen LogP contribution is 2.33. The van der Waals surface area contributed by atoms with Crippen LogP contribution in [0.3, 0.4) is 0 Å². The molecule has 1 fully saturated rings. The first kappa shape index (κ1) is 15.0. The maximum absolute atomic E-state index is 3.72. The smallest absolute Gasteiger partial charge is 0.00966 e. The molecule has 0 aromatic carbocycles. The summed E-state index contributed by atoms with van der Waals surface area (Å²) in [6.45, 7) is 12.8. The average Bonchev–Trinajstić information content (AvgIpc) is 2.38. The molecule has 1 aliphatic rings. The van der Waals surface area contributed by atoms with E-state index in [1.807, 2.05) is 0 Å². The molecule has 2 unspecified atom stereocenters. The van der Waals surface area contributed by atoms with E-state index in [0.29, 0.717) is 0 Å². The largest absolute Gasteiger partial charge is 0.312 e. The molecule has 1 aliphatic carbocycles. The van der Waals surface area contributed by atoms with Crippen LogP contribution in [0.1, 0.15) is 73.1 Å². The van der Waals surface area contributed by atoms with Gasteiger partial charge in [-0.15, -0.1) is 0 Å². The minimum atomic E-state index is 0.273. The topological polar surface area (TPSA) is 12.0 Å². The van der Waals surface area contributed by atoms with Crippen LogP contribution >= 0.6 is 0 Å². The highest BCUT2D eigenvalue weighted by Gasteiger charge is 2.25. The zero-order chi connectivity index (χ0) is 12.9. The fourth-order valence-electron chi connectivity index (χ4n) is 3.08. The normalized spacial score (nSPS) is 27.2. The summed E-state index contributed by atoms with van der Waals surface area (Å²) >= 11 is 0. The number of hydrogen-bond donors (Lipinski definition) is 1. The minimum absolute atomic E-state index is 0.273. The molecule has 0 saturated heterocycles. The Morgan fingerprint density at radius 2 is 1.59 bits per heavy atom. The van der Waals surface area contributed by atoms with Crippen molar-refractivity contribution in [2.24, 2.45) is 17.8 Å². The van der Waals surface area contributed by atoms with Gasteiger partial charge in [0.1, 0.15) is 0 Å². The SMILES string of the molecule is CC(C)CC1CCCCCC1CNC(C)(C)C. The van der Waals surface area contributed by atoms with Gasteiger partial charge in [0.2, 0.25) is 0 Å². The monoisotopic (exact) mass is 239 g/mol. The zero-order valence-corrected chi connectivity index (χ0v) is 12.7. The van der Waals surface area contributed by atoms with Gasteiger partial charge < -0.3 is 5.32 Å². The molecule has 102 valence electrons. The first-order valence-corrected chi connectivity index (χ1v) is 7.63. The predicted octanol–water partition coefficient (Wildman–Crippen LogP) is 4.62. The van der Waals surface area contributed by atoms with Crippen LogP contribution in [0.2, 0.25) is 0 Å². The molecule has 0 spiro atoms. The molecule has 0 aliphatic heterocycles. The van der Waals surface area contributed by atoms with Gasteiger partial charge in [-0.2, -0.15) is 0 Å². The molecule has 0 heterocycles. The van der Waals surface area contributed by atoms with Gasteiger partial charge in [-0.3, -0.25) is 0 Å². The molecule has 0 amide bonds. The van der Waals surface area contributed by atoms with Gasteiger partial charge in [-0.05, 0) is 57.9 Å². The number of nitrogens with one attached hydrogen (secondary N) is 1. The molecular weight excluding hydrogens is 206 g/mol. The van der Waals surface area contributed by atoms with E-state index < -0.39 is 0 Å². The number of rotatable bonds is 4. The van der Waals surface area contributed by atoms with Gasteiger partial charge >= 0.3 is 0 Å². The summed E-state index contributed by atoms with van der Waals surface area (Å²) in [6, 6.07) is 0. The molecule has 0 aromatic rings. The molecule has 1 saturated carbocycles. The lowest BCUT2D eigenvalue weighted by Crippen LogP contribution is -2.40. The van der Waals surface area contributed by atoms with Gasteiger partial charge in [-0.1, -0.05) is 39.5 Å². The molecular formula is C16H33N. The Bertz CT molecular complexity index is 202. The van der Waals surface area contributed by atoms with Crippen molar-refractivity contribution in [2.45, 2.75) is 78.7 Å². The maximum atomic E-state index is 3.72. The van der Waals surface area contributed by atoms with Crippen LogP contribution in [-0.4, -0.2) is 12.1 Å². The molecule has 17 heavy (non-hydrogen) atoms. The second-order valence-electron chi connectivity index (χ2n) is 7.42. The predicted molar refractivity (Wildman–Crippen MR) is 77.3 cm³/mol. The summed E-state index contributed by atoms with van der Waals surface area (Å²) in [4.78, 5) is 0. The van der Waals surface area contributed by atoms with Crippen molar-refractivity contribution in [2.75, 3.05) is 6.54 Å². The van der Waals surface area contributed by atoms with Crippen LogP contribution in [0.4, 0.5) is 0 Å². The lowest BCUT2D eigenvalue weighted by atomic mass is 9.81. The van der Waals surface area contributed by atoms with Crippen molar-refractivity contribution in [1.29, 1.82) is 0 Å². The summed E-state index contributed by atoms with van der Waals surface area (Å²) in [5.41, 5.74) is 0.273. The minimum Gasteiger partial charge on any atom is -0.312 e. The van der Waals surface area contributed by atoms with Crippen LogP contribution in [0.25, 0.3) is 0 Å². The Morgan fingerprint density at radius 1 is 1.00 bits per heavy atom. The van der Waals surface area contributed by atoms with Crippen LogP contribution in [0, 0.1) is 17.8 Å². The highest BCUT2D eigenvalue weighted by atomic mass is 14.9. The second kappa shape index (κ2) is 6.78. The van der Waals surface area contributed by atoms with E-state index in [2.05, 4.69) is 39.9 Å². The molecule has 2 atom stereocenters. The van der Waals surface area contributed by atoms with Crippen LogP contribution < -0.4 is 5.32 Å². The summed E-state index contributed by atoms with van der Waals surface area (Å²) in [5.74, 6) is 2.74. The summed E-state index contributed by atoms with van der Waals surface area (Å²) in [5, 5.41) is 3.72. The Hall–Kier alpha value is -0.0400. The molecule has 1 N–H and O–H groups in total. The molecule has 1 rings (SSSR count). The second-order valence-corrected chi connectivity index (χ2v) is 7.42. The van der Waals surface area contributed by atoms with E-state index in [1.54, 1.807) is 0 Å². The van der Waals surface area contributed by atoms with E-state index in [0.717, 1.165) is 17.8 Å². The Kier molecular flexibility index (Phi) is 5.99. The first-order chi connectivity index (χ1) is 7.88. The van der Waals surface area contributed by atoms with E-state index in [4.69, 9.17) is 0 Å². The number of hydrogen-bond acceptors (Lipinski definition) is 1. The van der Waals surface area contributed by atoms with Gasteiger partial charge in [-0.25, -0.2) is 0 Å². The van der Waals surface area contributed by atoms with Crippen molar-refractivity contribution in [3.8, 4) is 0 Å². The standard InChI is InChI=1S/C16H33N/c1-13(2)11-14-9-7-6-8-10-15(14)12-17-16(3,4)5/h13-15,17H,6-12H2,1-5H3. The van der Waals surface area contributed by atoms with E-state index in [-0.39, 0.29) is 5.54 Å². The summed E-state index contributed by atoms with van der Waals surface area (Å²) < 4.78 is 0. The zero-order valence-electron chi connectivity index (χ0n) is 12.7. The average molecular weight is 239 g/mol. The van der Waals surface area contributed by atoms with Crippen molar-refractivity contribution in [1.82, 2.24) is 5.32 Å². The summed E-state index contributed by atoms with van der Waals surface area (Å²) in [6.07, 6.45) is 8.71. The summed E-state index contributed by atoms with van der Waals surface area (Å²) in [7, 11) is 0. The third kappa shape index (κ3) is 6.45. The fraction of sp³-hybridized carbons (Fsp3) is 1.00. The van der Waals surface area contributed by atoms with Gasteiger partial charge in [0.25, 0.3) is 0 Å². The van der Waals surface area contributed by atoms with Crippen molar-refractivity contribution < 1.29 is 0 Å². The van der Waals surface area contributed by atoms with Gasteiger partial charge in [0.15, 0.2) is 0 Å². The third-order valence-corrected chi connectivity index (χ3v) is 3.99. The highest BCUT2D eigenvalue weighted by molar-refractivity contribution is 4.80. The van der Waals surface area contributed by atoms with Crippen molar-refractivity contribution in [3.05, 3.63) is 0 Å². The maximum Gasteiger partial charge on any atom is 0.00966 e. The van der Waals surface area contributed by atoms with Crippen molar-refractivity contribution >= 4 is 0 Å². The van der Waals surface area contributed by atoms with E-state index in [9.17, 15) is 0 Å². The molecule has 1 nitrogen and oxygen atoms in total. The Morgan fingerprint density at radius 3 is 2.12 bits per heavy atom. The van der Waals surface area contributed by atoms with Crippen LogP contribution in [0.5, 0.6) is 0 Å². The van der Waals surface area contributed by atoms with Crippen molar-refractivity contribution in [3.63, 3.8) is 0 Å². The lowest BCUT2D eigenvalue weighted by Gasteiger charge is -2.30. The van der Waals surface area contributed by atoms with Crippen LogP contribution in [0.15, 0.2) is 0 Å². The quantitative estimate of drug-likeness (QED) is 0.706. The molecule has 0 radical (unpaired) electrons. The fourth-order valence-corrected chi connectivity index (χ4v) is 3.08. The third-order valence-electron chi connectivity index (χ3n) is 3.99. The van der Waals surface area contributed by atoms with Crippen LogP contribution in [-0.2, 0) is 0 Å². The van der Waals surface area contributed by atoms with Gasteiger partial charge in [0, 0.05) is 5.54 Å². The lowest BCUT2D eigenvalue weighted by molar-refractivity contribution is 0.239. The van der Waals surface area contributed by atoms with E-state index >= 15 is 0 Å². The Balaban J connectivity index is 2.49. The van der Waals surface area contributed by atoms with Gasteiger partial charge in [0.05, 0.1) is 0 Å². The molecule has 1 heteroatoms. The Labute approximate surface area is 109 Å². The molecule has 0 bridgehead atoms. The van der Waals surface area contributed by atoms with E-state index in [1.165, 1.54) is 45.1 Å². The first-order valence-electron chi connectivity index (χ1n) is 7.63. The molecule has 0 aromatic heterocycles.